The summed E-state index contributed by atoms with van der Waals surface area (Å²) in [5, 5.41) is 3.08. The van der Waals surface area contributed by atoms with Crippen LogP contribution < -0.4 is 5.32 Å². The number of rotatable bonds is 3. The predicted molar refractivity (Wildman–Crippen MR) is 69.4 cm³/mol. The topological polar surface area (TPSA) is 79.0 Å². The standard InChI is InChI=1S/C12H14N2O3S/c1-3-18(16,17)10-7-14-11-8(10)5-4-6-9(11)12(15)13-2/h4-7,14H,3H2,1-2H3,(H,13,15). The molecule has 1 heterocycles. The summed E-state index contributed by atoms with van der Waals surface area (Å²) in [6.45, 7) is 1.59. The van der Waals surface area contributed by atoms with Crippen molar-refractivity contribution in [3.8, 4) is 0 Å². The van der Waals surface area contributed by atoms with Crippen molar-refractivity contribution < 1.29 is 13.2 Å². The summed E-state index contributed by atoms with van der Waals surface area (Å²) in [7, 11) is -1.76. The van der Waals surface area contributed by atoms with Crippen LogP contribution in [-0.2, 0) is 9.84 Å². The summed E-state index contributed by atoms with van der Waals surface area (Å²) < 4.78 is 23.8. The molecule has 6 heteroatoms. The van der Waals surface area contributed by atoms with Gasteiger partial charge in [0.25, 0.3) is 5.91 Å². The highest BCUT2D eigenvalue weighted by molar-refractivity contribution is 7.91. The van der Waals surface area contributed by atoms with Crippen LogP contribution in [0.2, 0.25) is 0 Å². The normalized spacial score (nSPS) is 11.7. The number of aromatic amines is 1. The number of carbonyl (C=O) groups excluding carboxylic acids is 1. The van der Waals surface area contributed by atoms with Crippen LogP contribution >= 0.6 is 0 Å². The summed E-state index contributed by atoms with van der Waals surface area (Å²) in [5.41, 5.74) is 0.983. The Hall–Kier alpha value is -1.82. The fraction of sp³-hybridized carbons (Fsp3) is 0.250. The molecule has 18 heavy (non-hydrogen) atoms. The number of aromatic nitrogens is 1. The molecule has 0 spiro atoms. The fourth-order valence-electron chi connectivity index (χ4n) is 1.87. The number of nitrogens with one attached hydrogen (secondary N) is 2. The first-order chi connectivity index (χ1) is 8.51. The Labute approximate surface area is 105 Å². The van der Waals surface area contributed by atoms with Gasteiger partial charge in [0.15, 0.2) is 9.84 Å². The van der Waals surface area contributed by atoms with Gasteiger partial charge in [0, 0.05) is 18.6 Å². The van der Waals surface area contributed by atoms with Crippen molar-refractivity contribution in [1.29, 1.82) is 0 Å². The second-order valence-electron chi connectivity index (χ2n) is 3.86. The Morgan fingerprint density at radius 2 is 2.11 bits per heavy atom. The molecule has 2 aromatic rings. The maximum Gasteiger partial charge on any atom is 0.253 e. The molecule has 0 radical (unpaired) electrons. The molecule has 0 aliphatic heterocycles. The van der Waals surface area contributed by atoms with Gasteiger partial charge in [0.05, 0.1) is 21.7 Å². The van der Waals surface area contributed by atoms with E-state index < -0.39 is 9.84 Å². The molecule has 0 unspecified atom stereocenters. The van der Waals surface area contributed by atoms with E-state index in [4.69, 9.17) is 0 Å². The van der Waals surface area contributed by atoms with Gasteiger partial charge in [-0.2, -0.15) is 0 Å². The molecule has 1 amide bonds. The number of benzene rings is 1. The third kappa shape index (κ3) is 1.88. The van der Waals surface area contributed by atoms with Gasteiger partial charge >= 0.3 is 0 Å². The molecule has 0 aliphatic carbocycles. The zero-order valence-electron chi connectivity index (χ0n) is 10.1. The SMILES string of the molecule is CCS(=O)(=O)c1c[nH]c2c(C(=O)NC)cccc12. The molecule has 0 saturated carbocycles. The summed E-state index contributed by atoms with van der Waals surface area (Å²) in [5.74, 6) is -0.215. The van der Waals surface area contributed by atoms with Gasteiger partial charge in [-0.15, -0.1) is 0 Å². The number of hydrogen-bond donors (Lipinski definition) is 2. The highest BCUT2D eigenvalue weighted by Gasteiger charge is 2.19. The number of sulfone groups is 1. The van der Waals surface area contributed by atoms with E-state index in [1.807, 2.05) is 0 Å². The Morgan fingerprint density at radius 3 is 2.72 bits per heavy atom. The van der Waals surface area contributed by atoms with E-state index in [1.54, 1.807) is 25.1 Å². The van der Waals surface area contributed by atoms with Crippen LogP contribution in [0, 0.1) is 0 Å². The minimum Gasteiger partial charge on any atom is -0.359 e. The third-order valence-electron chi connectivity index (χ3n) is 2.86. The van der Waals surface area contributed by atoms with Gasteiger partial charge in [-0.1, -0.05) is 19.1 Å². The number of fused-ring (bicyclic) bond motifs is 1. The van der Waals surface area contributed by atoms with E-state index in [0.29, 0.717) is 16.5 Å². The summed E-state index contributed by atoms with van der Waals surface area (Å²) in [6.07, 6.45) is 1.44. The third-order valence-corrected chi connectivity index (χ3v) is 4.63. The molecule has 2 rings (SSSR count). The van der Waals surface area contributed by atoms with Crippen LogP contribution in [0.4, 0.5) is 0 Å². The molecule has 96 valence electrons. The van der Waals surface area contributed by atoms with Crippen molar-refractivity contribution in [2.24, 2.45) is 0 Å². The molecule has 0 atom stereocenters. The van der Waals surface area contributed by atoms with Crippen molar-refractivity contribution in [3.63, 3.8) is 0 Å². The van der Waals surface area contributed by atoms with Gasteiger partial charge in [-0.3, -0.25) is 4.79 Å². The Balaban J connectivity index is 2.74. The summed E-state index contributed by atoms with van der Waals surface area (Å²) in [4.78, 5) is 14.8. The van der Waals surface area contributed by atoms with Crippen LogP contribution in [-0.4, -0.2) is 32.1 Å². The first-order valence-electron chi connectivity index (χ1n) is 5.56. The minimum absolute atomic E-state index is 0.0319. The molecule has 2 N–H and O–H groups in total. The lowest BCUT2D eigenvalue weighted by Gasteiger charge is -2.02. The monoisotopic (exact) mass is 266 g/mol. The average molecular weight is 266 g/mol. The van der Waals surface area contributed by atoms with Crippen LogP contribution in [0.1, 0.15) is 17.3 Å². The summed E-state index contributed by atoms with van der Waals surface area (Å²) in [6, 6.07) is 5.02. The van der Waals surface area contributed by atoms with Gasteiger partial charge in [0.2, 0.25) is 0 Å². The van der Waals surface area contributed by atoms with Crippen LogP contribution in [0.3, 0.4) is 0 Å². The van der Waals surface area contributed by atoms with E-state index in [2.05, 4.69) is 10.3 Å². The van der Waals surface area contributed by atoms with E-state index in [9.17, 15) is 13.2 Å². The highest BCUT2D eigenvalue weighted by Crippen LogP contribution is 2.26. The van der Waals surface area contributed by atoms with Crippen LogP contribution in [0.25, 0.3) is 10.9 Å². The molecule has 0 aliphatic rings. The Kier molecular flexibility index (Phi) is 3.13. The molecule has 1 aromatic heterocycles. The van der Waals surface area contributed by atoms with E-state index in [0.717, 1.165) is 0 Å². The van der Waals surface area contributed by atoms with Crippen molar-refractivity contribution in [2.45, 2.75) is 11.8 Å². The maximum atomic E-state index is 11.9. The molecule has 0 bridgehead atoms. The number of hydrogen-bond acceptors (Lipinski definition) is 3. The molecular weight excluding hydrogens is 252 g/mol. The smallest absolute Gasteiger partial charge is 0.253 e. The quantitative estimate of drug-likeness (QED) is 0.879. The fourth-order valence-corrected chi connectivity index (χ4v) is 2.92. The van der Waals surface area contributed by atoms with Crippen molar-refractivity contribution in [1.82, 2.24) is 10.3 Å². The molecule has 5 nitrogen and oxygen atoms in total. The Bertz CT molecular complexity index is 701. The molecule has 0 saturated heterocycles. The first kappa shape index (κ1) is 12.6. The summed E-state index contributed by atoms with van der Waals surface area (Å²) >= 11 is 0. The Morgan fingerprint density at radius 1 is 1.39 bits per heavy atom. The highest BCUT2D eigenvalue weighted by atomic mass is 32.2. The lowest BCUT2D eigenvalue weighted by atomic mass is 10.1. The minimum atomic E-state index is -3.29. The number of amides is 1. The molecule has 1 aromatic carbocycles. The maximum absolute atomic E-state index is 11.9. The van der Waals surface area contributed by atoms with Gasteiger partial charge in [-0.05, 0) is 6.07 Å². The van der Waals surface area contributed by atoms with Crippen LogP contribution in [0.15, 0.2) is 29.3 Å². The van der Waals surface area contributed by atoms with E-state index in [1.165, 1.54) is 13.2 Å². The van der Waals surface area contributed by atoms with E-state index in [-0.39, 0.29) is 16.6 Å². The average Bonchev–Trinajstić information content (AvgIpc) is 2.82. The number of carbonyl (C=O) groups is 1. The largest absolute Gasteiger partial charge is 0.359 e. The van der Waals surface area contributed by atoms with Crippen molar-refractivity contribution in [3.05, 3.63) is 30.0 Å². The molecule has 0 fully saturated rings. The number of para-hydroxylation sites is 1. The second-order valence-corrected chi connectivity index (χ2v) is 6.11. The second kappa shape index (κ2) is 4.45. The van der Waals surface area contributed by atoms with Crippen LogP contribution in [0.5, 0.6) is 0 Å². The zero-order valence-corrected chi connectivity index (χ0v) is 11.0. The lowest BCUT2D eigenvalue weighted by molar-refractivity contribution is 0.0964. The van der Waals surface area contributed by atoms with Gasteiger partial charge in [0.1, 0.15) is 0 Å². The van der Waals surface area contributed by atoms with Gasteiger partial charge < -0.3 is 10.3 Å². The van der Waals surface area contributed by atoms with Gasteiger partial charge in [-0.25, -0.2) is 8.42 Å². The van der Waals surface area contributed by atoms with Crippen molar-refractivity contribution >= 4 is 26.6 Å². The molecular formula is C12H14N2O3S. The zero-order chi connectivity index (χ0) is 13.3. The van der Waals surface area contributed by atoms with E-state index >= 15 is 0 Å². The predicted octanol–water partition coefficient (Wildman–Crippen LogP) is 1.32. The van der Waals surface area contributed by atoms with Crippen molar-refractivity contribution in [2.75, 3.05) is 12.8 Å². The number of H-pyrrole nitrogens is 1. The first-order valence-corrected chi connectivity index (χ1v) is 7.21. The lowest BCUT2D eigenvalue weighted by Crippen LogP contribution is -2.18.